The van der Waals surface area contributed by atoms with E-state index >= 15 is 0 Å². The number of nitrogens with zero attached hydrogens (tertiary/aromatic N) is 5. The predicted octanol–water partition coefficient (Wildman–Crippen LogP) is 3.28. The van der Waals surface area contributed by atoms with Gasteiger partial charge in [0.15, 0.2) is 0 Å². The van der Waals surface area contributed by atoms with Crippen LogP contribution in [0.2, 0.25) is 5.02 Å². The van der Waals surface area contributed by atoms with Gasteiger partial charge in [0.25, 0.3) is 0 Å². The quantitative estimate of drug-likeness (QED) is 0.488. The number of rotatable bonds is 8. The van der Waals surface area contributed by atoms with Gasteiger partial charge in [0.1, 0.15) is 5.82 Å². The molecule has 10 heteroatoms. The number of benzene rings is 1. The van der Waals surface area contributed by atoms with Gasteiger partial charge in [-0.25, -0.2) is 15.0 Å². The highest BCUT2D eigenvalue weighted by atomic mass is 35.5. The van der Waals surface area contributed by atoms with Gasteiger partial charge in [-0.15, -0.1) is 0 Å². The zero-order chi connectivity index (χ0) is 23.9. The Hall–Kier alpha value is -3.46. The van der Waals surface area contributed by atoms with E-state index in [2.05, 4.69) is 29.9 Å². The number of ether oxygens (including phenoxy) is 1. The molecule has 0 atom stereocenters. The van der Waals surface area contributed by atoms with Crippen molar-refractivity contribution in [2.24, 2.45) is 0 Å². The Morgan fingerprint density at radius 3 is 2.65 bits per heavy atom. The van der Waals surface area contributed by atoms with Crippen LogP contribution in [0.5, 0.6) is 0 Å². The summed E-state index contributed by atoms with van der Waals surface area (Å²) in [5, 5.41) is 4.79. The lowest BCUT2D eigenvalue weighted by atomic mass is 10.2. The Balaban J connectivity index is 1.37. The lowest BCUT2D eigenvalue weighted by molar-refractivity contribution is -0.140. The molecule has 0 spiro atoms. The number of carbonyl (C=O) groups is 2. The topological polar surface area (TPSA) is 101 Å². The van der Waals surface area contributed by atoms with Crippen LogP contribution in [-0.2, 0) is 20.9 Å². The number of hydrogen-bond donors (Lipinski definition) is 1. The fourth-order valence-corrected chi connectivity index (χ4v) is 4.11. The largest absolute Gasteiger partial charge is 0.469 e. The number of anilines is 2. The molecule has 0 bridgehead atoms. The van der Waals surface area contributed by atoms with E-state index in [0.29, 0.717) is 56.5 Å². The van der Waals surface area contributed by atoms with Crippen molar-refractivity contribution in [3.8, 4) is 0 Å². The van der Waals surface area contributed by atoms with E-state index in [9.17, 15) is 9.59 Å². The molecule has 178 valence electrons. The molecule has 9 nitrogen and oxygen atoms in total. The maximum atomic E-state index is 12.5. The van der Waals surface area contributed by atoms with Crippen molar-refractivity contribution in [1.82, 2.24) is 19.9 Å². The highest BCUT2D eigenvalue weighted by Crippen LogP contribution is 2.25. The van der Waals surface area contributed by atoms with Gasteiger partial charge in [0.2, 0.25) is 11.9 Å². The molecule has 1 fully saturated rings. The number of hydrogen-bond acceptors (Lipinski definition) is 8. The number of halogens is 1. The van der Waals surface area contributed by atoms with E-state index in [-0.39, 0.29) is 18.3 Å². The number of carbonyl (C=O) groups excluding carboxylic acids is 2. The second-order valence-electron chi connectivity index (χ2n) is 8.00. The van der Waals surface area contributed by atoms with Crippen LogP contribution < -0.4 is 10.2 Å². The Bertz CT molecular complexity index is 1170. The summed E-state index contributed by atoms with van der Waals surface area (Å²) in [6.45, 7) is 3.07. The van der Waals surface area contributed by atoms with Crippen molar-refractivity contribution in [2.45, 2.75) is 25.8 Å². The number of piperazine rings is 1. The Morgan fingerprint density at radius 1 is 1.09 bits per heavy atom. The van der Waals surface area contributed by atoms with Crippen molar-refractivity contribution in [3.63, 3.8) is 0 Å². The lowest BCUT2D eigenvalue weighted by Gasteiger charge is -2.35. The van der Waals surface area contributed by atoms with Crippen molar-refractivity contribution in [2.75, 3.05) is 43.5 Å². The third-order valence-corrected chi connectivity index (χ3v) is 6.18. The Morgan fingerprint density at radius 2 is 1.88 bits per heavy atom. The Kier molecular flexibility index (Phi) is 7.74. The molecule has 2 aromatic heterocycles. The number of methoxy groups -OCH3 is 1. The molecule has 0 radical (unpaired) electrons. The average molecular weight is 483 g/mol. The van der Waals surface area contributed by atoms with Crippen molar-refractivity contribution < 1.29 is 14.3 Å². The molecule has 4 rings (SSSR count). The van der Waals surface area contributed by atoms with E-state index in [0.717, 1.165) is 22.3 Å². The molecule has 1 aromatic carbocycles. The molecule has 1 aliphatic rings. The summed E-state index contributed by atoms with van der Waals surface area (Å²) in [5.74, 6) is 1.11. The van der Waals surface area contributed by atoms with Gasteiger partial charge >= 0.3 is 5.97 Å². The zero-order valence-corrected chi connectivity index (χ0v) is 19.8. The van der Waals surface area contributed by atoms with Crippen LogP contribution in [-0.4, -0.2) is 65.0 Å². The smallest absolute Gasteiger partial charge is 0.305 e. The van der Waals surface area contributed by atoms with Gasteiger partial charge in [0, 0.05) is 63.0 Å². The normalized spacial score (nSPS) is 13.7. The first-order chi connectivity index (χ1) is 16.5. The molecule has 1 aliphatic heterocycles. The summed E-state index contributed by atoms with van der Waals surface area (Å²) < 4.78 is 4.62. The molecule has 1 N–H and O–H groups in total. The molecule has 0 unspecified atom stereocenters. The second kappa shape index (κ2) is 11.1. The molecular formula is C24H27ClN6O3. The van der Waals surface area contributed by atoms with Gasteiger partial charge in [-0.05, 0) is 24.1 Å². The maximum Gasteiger partial charge on any atom is 0.305 e. The van der Waals surface area contributed by atoms with Gasteiger partial charge < -0.3 is 19.9 Å². The minimum absolute atomic E-state index is 0.0620. The molecule has 34 heavy (non-hydrogen) atoms. The summed E-state index contributed by atoms with van der Waals surface area (Å²) in [7, 11) is 1.35. The highest BCUT2D eigenvalue weighted by molar-refractivity contribution is 6.31. The zero-order valence-electron chi connectivity index (χ0n) is 19.0. The van der Waals surface area contributed by atoms with Crippen LogP contribution >= 0.6 is 11.6 Å². The fourth-order valence-electron chi connectivity index (χ4n) is 3.91. The second-order valence-corrected chi connectivity index (χ2v) is 8.41. The summed E-state index contributed by atoms with van der Waals surface area (Å²) in [5.41, 5.74) is 1.77. The fraction of sp³-hybridized carbons (Fsp3) is 0.375. The first-order valence-corrected chi connectivity index (χ1v) is 11.6. The number of esters is 1. The van der Waals surface area contributed by atoms with Crippen LogP contribution in [0.4, 0.5) is 11.8 Å². The van der Waals surface area contributed by atoms with E-state index in [1.165, 1.54) is 7.11 Å². The third-order valence-electron chi connectivity index (χ3n) is 5.81. The standard InChI is InChI=1S/C24H27ClN6O3/c1-34-22(33)8-4-7-21(32)30-11-13-31(14-12-30)23-18-16-28-24(29-20(18)9-10-26-23)27-15-17-5-2-3-6-19(17)25/h2-3,5-6,9-10,16H,4,7-8,11-15H2,1H3,(H,27,28,29). The third kappa shape index (κ3) is 5.72. The number of fused-ring (bicyclic) bond motifs is 1. The van der Waals surface area contributed by atoms with Crippen LogP contribution in [0.1, 0.15) is 24.8 Å². The maximum absolute atomic E-state index is 12.5. The summed E-state index contributed by atoms with van der Waals surface area (Å²) in [6.07, 6.45) is 4.63. The van der Waals surface area contributed by atoms with Gasteiger partial charge in [-0.3, -0.25) is 9.59 Å². The highest BCUT2D eigenvalue weighted by Gasteiger charge is 2.23. The van der Waals surface area contributed by atoms with Gasteiger partial charge in [-0.2, -0.15) is 0 Å². The number of nitrogens with one attached hydrogen (secondary N) is 1. The minimum atomic E-state index is -0.288. The summed E-state index contributed by atoms with van der Waals surface area (Å²) >= 11 is 6.23. The van der Waals surface area contributed by atoms with Crippen LogP contribution in [0.15, 0.2) is 42.7 Å². The average Bonchev–Trinajstić information content (AvgIpc) is 2.87. The first kappa shape index (κ1) is 23.7. The number of amides is 1. The van der Waals surface area contributed by atoms with Crippen molar-refractivity contribution >= 4 is 46.1 Å². The van der Waals surface area contributed by atoms with Crippen LogP contribution in [0.25, 0.3) is 10.9 Å². The molecule has 3 heterocycles. The first-order valence-electron chi connectivity index (χ1n) is 11.2. The molecule has 1 amide bonds. The van der Waals surface area contributed by atoms with E-state index in [1.54, 1.807) is 12.4 Å². The van der Waals surface area contributed by atoms with Gasteiger partial charge in [0.05, 0.1) is 18.0 Å². The SMILES string of the molecule is COC(=O)CCCC(=O)N1CCN(c2nccc3nc(NCc4ccccc4Cl)ncc23)CC1. The summed E-state index contributed by atoms with van der Waals surface area (Å²) in [6, 6.07) is 9.52. The molecule has 3 aromatic rings. The van der Waals surface area contributed by atoms with E-state index < -0.39 is 0 Å². The minimum Gasteiger partial charge on any atom is -0.469 e. The predicted molar refractivity (Wildman–Crippen MR) is 131 cm³/mol. The van der Waals surface area contributed by atoms with Crippen molar-refractivity contribution in [1.29, 1.82) is 0 Å². The van der Waals surface area contributed by atoms with E-state index in [4.69, 9.17) is 11.6 Å². The number of pyridine rings is 1. The Labute approximate surface area is 203 Å². The van der Waals surface area contributed by atoms with Crippen LogP contribution in [0.3, 0.4) is 0 Å². The van der Waals surface area contributed by atoms with Gasteiger partial charge in [-0.1, -0.05) is 29.8 Å². The van der Waals surface area contributed by atoms with Crippen molar-refractivity contribution in [3.05, 3.63) is 53.3 Å². The molecule has 1 saturated heterocycles. The summed E-state index contributed by atoms with van der Waals surface area (Å²) in [4.78, 5) is 41.4. The van der Waals surface area contributed by atoms with Crippen LogP contribution in [0, 0.1) is 0 Å². The monoisotopic (exact) mass is 482 g/mol. The lowest BCUT2D eigenvalue weighted by Crippen LogP contribution is -2.49. The molecule has 0 saturated carbocycles. The number of aromatic nitrogens is 3. The molecule has 0 aliphatic carbocycles. The molecular weight excluding hydrogens is 456 g/mol. The van der Waals surface area contributed by atoms with E-state index in [1.807, 2.05) is 35.2 Å².